The van der Waals surface area contributed by atoms with Crippen LogP contribution in [0.4, 0.5) is 0 Å². The third kappa shape index (κ3) is 7.76. The first-order valence-electron chi connectivity index (χ1n) is 20.0. The summed E-state index contributed by atoms with van der Waals surface area (Å²) in [5.74, 6) is 2.58. The maximum Gasteiger partial charge on any atom is 0.164 e. The third-order valence-electron chi connectivity index (χ3n) is 10.6. The molecule has 0 aliphatic carbocycles. The molecule has 10 rings (SSSR count). The second-order valence-corrected chi connectivity index (χ2v) is 14.5. The summed E-state index contributed by atoms with van der Waals surface area (Å²) in [5.41, 5.74) is 14.4. The van der Waals surface area contributed by atoms with Gasteiger partial charge in [-0.15, -0.1) is 0 Å². The first-order valence-corrected chi connectivity index (χ1v) is 20.0. The number of benzene rings is 8. The summed E-state index contributed by atoms with van der Waals surface area (Å²) in [6.07, 6.45) is 0. The molecule has 60 heavy (non-hydrogen) atoms. The molecule has 0 atom stereocenters. The Morgan fingerprint density at radius 2 is 0.433 bits per heavy atom. The van der Waals surface area contributed by atoms with Gasteiger partial charge in [-0.3, -0.25) is 0 Å². The van der Waals surface area contributed by atoms with Crippen molar-refractivity contribution in [1.29, 1.82) is 0 Å². The monoisotopic (exact) mass is 767 g/mol. The highest BCUT2D eigenvalue weighted by Crippen LogP contribution is 2.33. The van der Waals surface area contributed by atoms with Gasteiger partial charge in [-0.2, -0.15) is 0 Å². The largest absolute Gasteiger partial charge is 0.228 e. The Bertz CT molecular complexity index is 2970. The van der Waals surface area contributed by atoms with Crippen molar-refractivity contribution in [3.05, 3.63) is 224 Å². The van der Waals surface area contributed by atoms with Gasteiger partial charge < -0.3 is 0 Å². The lowest BCUT2D eigenvalue weighted by molar-refractivity contribution is 1.07. The van der Waals surface area contributed by atoms with Gasteiger partial charge >= 0.3 is 0 Å². The van der Waals surface area contributed by atoms with Crippen LogP contribution in [0.3, 0.4) is 0 Å². The Morgan fingerprint density at radius 3 is 0.867 bits per heavy atom. The molecule has 0 N–H and O–H groups in total. The molecule has 282 valence electrons. The molecule has 10 aromatic rings. The molecule has 0 bridgehead atoms. The summed E-state index contributed by atoms with van der Waals surface area (Å²) in [5, 5.41) is 0. The minimum atomic E-state index is 0.624. The van der Waals surface area contributed by atoms with Gasteiger partial charge in [0.25, 0.3) is 0 Å². The van der Waals surface area contributed by atoms with Crippen molar-refractivity contribution < 1.29 is 0 Å². The molecular formula is C55H37N5. The number of nitrogens with zero attached hydrogens (tertiary/aromatic N) is 5. The van der Waals surface area contributed by atoms with E-state index in [2.05, 4.69) is 140 Å². The van der Waals surface area contributed by atoms with E-state index in [0.29, 0.717) is 23.3 Å². The molecule has 0 spiro atoms. The maximum atomic E-state index is 5.17. The number of hydrogen-bond donors (Lipinski definition) is 0. The standard InChI is InChI=1S/C55H37N5/c1-5-14-38(15-6-1)39-24-26-40(27-25-39)41-28-32-46(33-29-41)52-56-50(43-16-7-2-8-17-43)37-51(57-52)49-23-13-22-48(36-49)42-30-34-47(35-31-42)55-59-53(44-18-9-3-10-19-44)58-54(60-55)45-20-11-4-12-21-45/h1-37H. The zero-order chi connectivity index (χ0) is 40.1. The molecule has 0 saturated carbocycles. The van der Waals surface area contributed by atoms with Gasteiger partial charge in [-0.1, -0.05) is 212 Å². The highest BCUT2D eigenvalue weighted by molar-refractivity contribution is 5.78. The molecular weight excluding hydrogens is 731 g/mol. The van der Waals surface area contributed by atoms with Crippen LogP contribution in [-0.2, 0) is 0 Å². The van der Waals surface area contributed by atoms with Crippen LogP contribution in [0, 0.1) is 0 Å². The predicted octanol–water partition coefficient (Wildman–Crippen LogP) is 13.7. The van der Waals surface area contributed by atoms with Crippen molar-refractivity contribution in [3.63, 3.8) is 0 Å². The number of rotatable bonds is 9. The second kappa shape index (κ2) is 16.4. The third-order valence-corrected chi connectivity index (χ3v) is 10.6. The minimum Gasteiger partial charge on any atom is -0.228 e. The summed E-state index contributed by atoms with van der Waals surface area (Å²) in [6.45, 7) is 0. The lowest BCUT2D eigenvalue weighted by Gasteiger charge is -2.12. The van der Waals surface area contributed by atoms with E-state index in [-0.39, 0.29) is 0 Å². The van der Waals surface area contributed by atoms with Crippen LogP contribution in [0.15, 0.2) is 224 Å². The van der Waals surface area contributed by atoms with Gasteiger partial charge in [0, 0.05) is 33.4 Å². The van der Waals surface area contributed by atoms with Gasteiger partial charge in [-0.05, 0) is 45.5 Å². The zero-order valence-corrected chi connectivity index (χ0v) is 32.6. The van der Waals surface area contributed by atoms with Gasteiger partial charge in [0.05, 0.1) is 11.4 Å². The summed E-state index contributed by atoms with van der Waals surface area (Å²) < 4.78 is 0. The number of aromatic nitrogens is 5. The molecule has 0 unspecified atom stereocenters. The first-order chi connectivity index (χ1) is 29.7. The summed E-state index contributed by atoms with van der Waals surface area (Å²) in [4.78, 5) is 24.9. The summed E-state index contributed by atoms with van der Waals surface area (Å²) >= 11 is 0. The highest BCUT2D eigenvalue weighted by atomic mass is 15.0. The lowest BCUT2D eigenvalue weighted by Crippen LogP contribution is -2.00. The first kappa shape index (κ1) is 36.2. The highest BCUT2D eigenvalue weighted by Gasteiger charge is 2.15. The van der Waals surface area contributed by atoms with Gasteiger partial charge in [0.1, 0.15) is 0 Å². The van der Waals surface area contributed by atoms with E-state index in [1.807, 2.05) is 84.9 Å². The average molecular weight is 768 g/mol. The Kier molecular flexibility index (Phi) is 9.88. The molecule has 2 aromatic heterocycles. The molecule has 0 aliphatic heterocycles. The predicted molar refractivity (Wildman–Crippen MR) is 244 cm³/mol. The maximum absolute atomic E-state index is 5.17. The molecule has 0 fully saturated rings. The fourth-order valence-corrected chi connectivity index (χ4v) is 7.39. The van der Waals surface area contributed by atoms with Crippen molar-refractivity contribution in [1.82, 2.24) is 24.9 Å². The van der Waals surface area contributed by atoms with E-state index in [4.69, 9.17) is 24.9 Å². The van der Waals surface area contributed by atoms with Crippen molar-refractivity contribution in [2.75, 3.05) is 0 Å². The fraction of sp³-hybridized carbons (Fsp3) is 0. The normalized spacial score (nSPS) is 11.0. The van der Waals surface area contributed by atoms with Crippen LogP contribution in [0.2, 0.25) is 0 Å². The van der Waals surface area contributed by atoms with Crippen molar-refractivity contribution in [2.24, 2.45) is 0 Å². The van der Waals surface area contributed by atoms with Crippen LogP contribution in [0.1, 0.15) is 0 Å². The zero-order valence-electron chi connectivity index (χ0n) is 32.6. The Labute approximate surface area is 349 Å². The molecule has 0 saturated heterocycles. The molecule has 0 aliphatic rings. The van der Waals surface area contributed by atoms with Crippen LogP contribution in [0.25, 0.3) is 101 Å². The van der Waals surface area contributed by atoms with Crippen molar-refractivity contribution in [2.45, 2.75) is 0 Å². The average Bonchev–Trinajstić information content (AvgIpc) is 3.35. The molecule has 2 heterocycles. The van der Waals surface area contributed by atoms with E-state index in [0.717, 1.165) is 67.0 Å². The van der Waals surface area contributed by atoms with Crippen LogP contribution in [0.5, 0.6) is 0 Å². The Morgan fingerprint density at radius 1 is 0.167 bits per heavy atom. The van der Waals surface area contributed by atoms with Gasteiger partial charge in [-0.25, -0.2) is 24.9 Å². The van der Waals surface area contributed by atoms with E-state index in [1.165, 1.54) is 11.1 Å². The van der Waals surface area contributed by atoms with E-state index < -0.39 is 0 Å². The van der Waals surface area contributed by atoms with E-state index in [9.17, 15) is 0 Å². The molecule has 0 amide bonds. The molecule has 0 radical (unpaired) electrons. The Balaban J connectivity index is 0.963. The Hall–Kier alpha value is -8.15. The van der Waals surface area contributed by atoms with Crippen LogP contribution in [-0.4, -0.2) is 24.9 Å². The molecule has 5 heteroatoms. The van der Waals surface area contributed by atoms with E-state index >= 15 is 0 Å². The van der Waals surface area contributed by atoms with E-state index in [1.54, 1.807) is 0 Å². The van der Waals surface area contributed by atoms with Gasteiger partial charge in [0.15, 0.2) is 23.3 Å². The summed E-state index contributed by atoms with van der Waals surface area (Å²) in [7, 11) is 0. The molecule has 5 nitrogen and oxygen atoms in total. The topological polar surface area (TPSA) is 64.5 Å². The van der Waals surface area contributed by atoms with Crippen molar-refractivity contribution >= 4 is 0 Å². The quantitative estimate of drug-likeness (QED) is 0.146. The second-order valence-electron chi connectivity index (χ2n) is 14.5. The van der Waals surface area contributed by atoms with Crippen LogP contribution >= 0.6 is 0 Å². The van der Waals surface area contributed by atoms with Gasteiger partial charge in [0.2, 0.25) is 0 Å². The summed E-state index contributed by atoms with van der Waals surface area (Å²) in [6, 6.07) is 77.1. The lowest BCUT2D eigenvalue weighted by atomic mass is 9.99. The number of hydrogen-bond acceptors (Lipinski definition) is 5. The minimum absolute atomic E-state index is 0.624. The SMILES string of the molecule is c1ccc(-c2ccc(-c3ccc(-c4nc(-c5ccccc5)cc(-c5cccc(-c6ccc(-c7nc(-c8ccccc8)nc(-c8ccccc8)n7)cc6)c5)n4)cc3)cc2)cc1. The smallest absolute Gasteiger partial charge is 0.164 e. The van der Waals surface area contributed by atoms with Crippen LogP contribution < -0.4 is 0 Å². The molecule has 8 aromatic carbocycles. The van der Waals surface area contributed by atoms with Crippen molar-refractivity contribution in [3.8, 4) is 101 Å². The fourth-order valence-electron chi connectivity index (χ4n) is 7.39.